The van der Waals surface area contributed by atoms with Crippen LogP contribution in [0.25, 0.3) is 0 Å². The fourth-order valence-electron chi connectivity index (χ4n) is 2.52. The molecule has 110 valence electrons. The number of likely N-dealkylation sites (tertiary alicyclic amines) is 1. The molecule has 0 N–H and O–H groups in total. The van der Waals surface area contributed by atoms with Crippen molar-refractivity contribution in [1.29, 1.82) is 0 Å². The maximum Gasteiger partial charge on any atom is 0.360 e. The normalized spacial score (nSPS) is 16.2. The molecule has 0 aliphatic carbocycles. The Labute approximate surface area is 117 Å². The van der Waals surface area contributed by atoms with Crippen molar-refractivity contribution >= 4 is 11.9 Å². The fraction of sp³-hybridized carbons (Fsp3) is 0.692. The summed E-state index contributed by atoms with van der Waals surface area (Å²) in [7, 11) is 1.31. The van der Waals surface area contributed by atoms with E-state index in [2.05, 4.69) is 15.0 Å². The van der Waals surface area contributed by atoms with Gasteiger partial charge in [0.25, 0.3) is 0 Å². The van der Waals surface area contributed by atoms with Crippen molar-refractivity contribution in [2.24, 2.45) is 0 Å². The van der Waals surface area contributed by atoms with Gasteiger partial charge in [0.15, 0.2) is 5.69 Å². The summed E-state index contributed by atoms with van der Waals surface area (Å²) in [5, 5.41) is 7.82. The Balaban J connectivity index is 2.25. The van der Waals surface area contributed by atoms with Crippen molar-refractivity contribution in [2.45, 2.75) is 39.2 Å². The molecule has 2 heterocycles. The molecule has 7 heteroatoms. The molecule has 1 aromatic heterocycles. The second-order valence-corrected chi connectivity index (χ2v) is 4.88. The number of carbonyl (C=O) groups is 2. The second-order valence-electron chi connectivity index (χ2n) is 4.88. The minimum Gasteiger partial charge on any atom is -0.464 e. The van der Waals surface area contributed by atoms with Gasteiger partial charge in [0.1, 0.15) is 6.04 Å². The van der Waals surface area contributed by atoms with E-state index in [9.17, 15) is 9.59 Å². The average molecular weight is 280 g/mol. The lowest BCUT2D eigenvalue weighted by Gasteiger charge is -2.21. The summed E-state index contributed by atoms with van der Waals surface area (Å²) in [6, 6.07) is -0.450. The van der Waals surface area contributed by atoms with Gasteiger partial charge in [0.2, 0.25) is 5.91 Å². The lowest BCUT2D eigenvalue weighted by atomic mass is 10.2. The topological polar surface area (TPSA) is 77.3 Å². The van der Waals surface area contributed by atoms with Crippen LogP contribution in [0.15, 0.2) is 0 Å². The molecule has 1 aliphatic rings. The molecule has 0 saturated carbocycles. The Bertz CT molecular complexity index is 506. The minimum absolute atomic E-state index is 0.0264. The number of esters is 1. The Kier molecular flexibility index (Phi) is 4.36. The highest BCUT2D eigenvalue weighted by Crippen LogP contribution is 2.18. The van der Waals surface area contributed by atoms with Crippen LogP contribution in [0.3, 0.4) is 0 Å². The molecule has 0 bridgehead atoms. The van der Waals surface area contributed by atoms with Gasteiger partial charge in [0.05, 0.1) is 12.8 Å². The molecule has 20 heavy (non-hydrogen) atoms. The van der Waals surface area contributed by atoms with E-state index in [-0.39, 0.29) is 11.6 Å². The Hall–Kier alpha value is -1.92. The van der Waals surface area contributed by atoms with Crippen LogP contribution in [0.4, 0.5) is 0 Å². The third-order valence-corrected chi connectivity index (χ3v) is 3.65. The molecule has 2 rings (SSSR count). The quantitative estimate of drug-likeness (QED) is 0.763. The smallest absolute Gasteiger partial charge is 0.360 e. The van der Waals surface area contributed by atoms with Crippen molar-refractivity contribution in [3.8, 4) is 0 Å². The Morgan fingerprint density at radius 2 is 2.00 bits per heavy atom. The van der Waals surface area contributed by atoms with Crippen LogP contribution in [-0.4, -0.2) is 52.0 Å². The third kappa shape index (κ3) is 2.52. The molecular weight excluding hydrogens is 260 g/mol. The summed E-state index contributed by atoms with van der Waals surface area (Å²) in [6.45, 7) is 5.27. The molecule has 7 nitrogen and oxygen atoms in total. The van der Waals surface area contributed by atoms with Crippen molar-refractivity contribution in [2.75, 3.05) is 20.2 Å². The number of hydrogen-bond acceptors (Lipinski definition) is 5. The van der Waals surface area contributed by atoms with Gasteiger partial charge in [-0.3, -0.25) is 4.79 Å². The predicted octanol–water partition coefficient (Wildman–Crippen LogP) is 0.810. The molecule has 1 amide bonds. The summed E-state index contributed by atoms with van der Waals surface area (Å²) >= 11 is 0. The summed E-state index contributed by atoms with van der Waals surface area (Å²) in [4.78, 5) is 25.8. The van der Waals surface area contributed by atoms with Crippen molar-refractivity contribution in [3.63, 3.8) is 0 Å². The highest BCUT2D eigenvalue weighted by atomic mass is 16.5. The minimum atomic E-state index is -0.520. The van der Waals surface area contributed by atoms with E-state index >= 15 is 0 Å². The van der Waals surface area contributed by atoms with E-state index in [4.69, 9.17) is 0 Å². The van der Waals surface area contributed by atoms with Gasteiger partial charge in [-0.15, -0.1) is 5.10 Å². The zero-order chi connectivity index (χ0) is 14.7. The third-order valence-electron chi connectivity index (χ3n) is 3.65. The number of rotatable bonds is 4. The van der Waals surface area contributed by atoms with Gasteiger partial charge >= 0.3 is 5.97 Å². The molecule has 0 spiro atoms. The fourth-order valence-corrected chi connectivity index (χ4v) is 2.52. The summed E-state index contributed by atoms with van der Waals surface area (Å²) < 4.78 is 6.22. The van der Waals surface area contributed by atoms with Crippen LogP contribution in [0.5, 0.6) is 0 Å². The number of hydrogen-bond donors (Lipinski definition) is 0. The maximum atomic E-state index is 12.4. The molecule has 1 unspecified atom stereocenters. The summed E-state index contributed by atoms with van der Waals surface area (Å²) in [5.74, 6) is -0.493. The van der Waals surface area contributed by atoms with Crippen LogP contribution < -0.4 is 0 Å². The first kappa shape index (κ1) is 14.5. The molecule has 1 aliphatic heterocycles. The number of amides is 1. The van der Waals surface area contributed by atoms with Gasteiger partial charge in [-0.25, -0.2) is 9.48 Å². The maximum absolute atomic E-state index is 12.4. The van der Waals surface area contributed by atoms with Gasteiger partial charge in [-0.2, -0.15) is 0 Å². The number of nitrogens with zero attached hydrogens (tertiary/aromatic N) is 4. The largest absolute Gasteiger partial charge is 0.464 e. The van der Waals surface area contributed by atoms with Crippen molar-refractivity contribution in [1.82, 2.24) is 19.9 Å². The molecule has 1 aromatic rings. The molecule has 1 atom stereocenters. The second kappa shape index (κ2) is 6.02. The molecule has 0 radical (unpaired) electrons. The van der Waals surface area contributed by atoms with Crippen LogP contribution in [0.2, 0.25) is 0 Å². The molecular formula is C13H20N4O3. The number of aromatic nitrogens is 3. The molecule has 1 saturated heterocycles. The first-order chi connectivity index (χ1) is 9.60. The zero-order valence-electron chi connectivity index (χ0n) is 12.1. The van der Waals surface area contributed by atoms with E-state index < -0.39 is 12.0 Å². The van der Waals surface area contributed by atoms with Gasteiger partial charge in [-0.05, 0) is 26.2 Å². The van der Waals surface area contributed by atoms with Crippen molar-refractivity contribution in [3.05, 3.63) is 11.4 Å². The van der Waals surface area contributed by atoms with E-state index in [0.717, 1.165) is 25.9 Å². The average Bonchev–Trinajstić information content (AvgIpc) is 3.13. The van der Waals surface area contributed by atoms with Crippen LogP contribution in [0, 0.1) is 0 Å². The van der Waals surface area contributed by atoms with E-state index in [0.29, 0.717) is 12.1 Å². The van der Waals surface area contributed by atoms with Crippen LogP contribution in [0.1, 0.15) is 48.9 Å². The van der Waals surface area contributed by atoms with Gasteiger partial charge < -0.3 is 9.64 Å². The lowest BCUT2D eigenvalue weighted by Crippen LogP contribution is -2.35. The number of ether oxygens (including phenoxy) is 1. The van der Waals surface area contributed by atoms with Gasteiger partial charge in [0, 0.05) is 13.1 Å². The SMILES string of the molecule is CCc1c(C(=O)OC)nnn1C(C)C(=O)N1CCCC1. The first-order valence-corrected chi connectivity index (χ1v) is 6.91. The monoisotopic (exact) mass is 280 g/mol. The highest BCUT2D eigenvalue weighted by molar-refractivity contribution is 5.88. The summed E-state index contributed by atoms with van der Waals surface area (Å²) in [6.07, 6.45) is 2.66. The predicted molar refractivity (Wildman–Crippen MR) is 71.3 cm³/mol. The molecule has 1 fully saturated rings. The zero-order valence-corrected chi connectivity index (χ0v) is 12.1. The Morgan fingerprint density at radius 3 is 2.55 bits per heavy atom. The summed E-state index contributed by atoms with van der Waals surface area (Å²) in [5.41, 5.74) is 0.827. The van der Waals surface area contributed by atoms with E-state index in [1.54, 1.807) is 6.92 Å². The van der Waals surface area contributed by atoms with E-state index in [1.165, 1.54) is 11.8 Å². The number of carbonyl (C=O) groups excluding carboxylic acids is 2. The van der Waals surface area contributed by atoms with E-state index in [1.807, 2.05) is 11.8 Å². The van der Waals surface area contributed by atoms with Crippen molar-refractivity contribution < 1.29 is 14.3 Å². The molecule has 0 aromatic carbocycles. The lowest BCUT2D eigenvalue weighted by molar-refractivity contribution is -0.133. The Morgan fingerprint density at radius 1 is 1.35 bits per heavy atom. The van der Waals surface area contributed by atoms with Gasteiger partial charge in [-0.1, -0.05) is 12.1 Å². The first-order valence-electron chi connectivity index (χ1n) is 6.91. The van der Waals surface area contributed by atoms with Crippen LogP contribution in [-0.2, 0) is 16.0 Å². The standard InChI is InChI=1S/C13H20N4O3/c1-4-10-11(13(19)20-3)14-15-17(10)9(2)12(18)16-7-5-6-8-16/h9H,4-8H2,1-3H3. The number of methoxy groups -OCH3 is 1. The highest BCUT2D eigenvalue weighted by Gasteiger charge is 2.29. The van der Waals surface area contributed by atoms with Crippen LogP contribution >= 0.6 is 0 Å².